The first-order chi connectivity index (χ1) is 9.90. The number of carboxylic acid groups (broad SMARTS) is 1. The maximum absolute atomic E-state index is 12.4. The number of hydrogen-bond donors (Lipinski definition) is 1. The van der Waals surface area contributed by atoms with Crippen molar-refractivity contribution in [1.82, 2.24) is 9.47 Å². The van der Waals surface area contributed by atoms with Crippen LogP contribution in [0.4, 0.5) is 0 Å². The summed E-state index contributed by atoms with van der Waals surface area (Å²) in [7, 11) is 1.68. The lowest BCUT2D eigenvalue weighted by molar-refractivity contribution is -0.145. The van der Waals surface area contributed by atoms with Crippen LogP contribution in [0.5, 0.6) is 0 Å². The second-order valence-electron chi connectivity index (χ2n) is 4.92. The van der Waals surface area contributed by atoms with Crippen molar-refractivity contribution in [2.75, 3.05) is 19.7 Å². The molecule has 1 fully saturated rings. The third kappa shape index (κ3) is 3.70. The molecule has 2 heterocycles. The zero-order valence-corrected chi connectivity index (χ0v) is 13.0. The molecule has 1 amide bonds. The highest BCUT2D eigenvalue weighted by Crippen LogP contribution is 2.26. The zero-order chi connectivity index (χ0) is 15.6. The van der Waals surface area contributed by atoms with E-state index < -0.39 is 5.97 Å². The number of aliphatic carboxylic acids is 1. The average molecular weight is 335 g/mol. The number of halogens is 2. The Balaban J connectivity index is 1.94. The van der Waals surface area contributed by atoms with Gasteiger partial charge in [0.1, 0.15) is 17.5 Å². The molecule has 1 aliphatic rings. The molecular weight excluding hydrogens is 319 g/mol. The smallest absolute Gasteiger partial charge is 0.329 e. The normalized spacial score (nSPS) is 16.2. The Morgan fingerprint density at radius 2 is 2.00 bits per heavy atom. The Kier molecular flexibility index (Phi) is 5.13. The fraction of sp³-hybridized carbons (Fsp3) is 0.538. The van der Waals surface area contributed by atoms with Gasteiger partial charge in [-0.05, 0) is 18.9 Å². The van der Waals surface area contributed by atoms with E-state index in [-0.39, 0.29) is 18.6 Å². The van der Waals surface area contributed by atoms with E-state index in [2.05, 4.69) is 0 Å². The number of amides is 1. The van der Waals surface area contributed by atoms with Crippen LogP contribution in [-0.2, 0) is 16.6 Å². The molecule has 0 aliphatic carbocycles. The number of carbonyl (C=O) groups excluding carboxylic acids is 1. The lowest BCUT2D eigenvalue weighted by Crippen LogP contribution is -2.41. The Morgan fingerprint density at radius 1 is 1.38 bits per heavy atom. The molecule has 1 N–H and O–H groups in total. The molecule has 116 valence electrons. The minimum absolute atomic E-state index is 0.120. The van der Waals surface area contributed by atoms with Crippen molar-refractivity contribution in [3.8, 4) is 0 Å². The van der Waals surface area contributed by atoms with Gasteiger partial charge in [0.15, 0.2) is 0 Å². The molecule has 0 bridgehead atoms. The summed E-state index contributed by atoms with van der Waals surface area (Å²) >= 11 is 11.9. The van der Waals surface area contributed by atoms with Gasteiger partial charge in [0.05, 0.1) is 11.1 Å². The highest BCUT2D eigenvalue weighted by atomic mass is 35.5. The third-order valence-electron chi connectivity index (χ3n) is 3.51. The highest BCUT2D eigenvalue weighted by Gasteiger charge is 2.26. The zero-order valence-electron chi connectivity index (χ0n) is 11.5. The van der Waals surface area contributed by atoms with Crippen LogP contribution < -0.4 is 0 Å². The Hall–Kier alpha value is -1.24. The lowest BCUT2D eigenvalue weighted by Gasteiger charge is -2.31. The summed E-state index contributed by atoms with van der Waals surface area (Å²) in [6.45, 7) is 0.731. The number of nitrogens with zero attached hydrogens (tertiary/aromatic N) is 2. The van der Waals surface area contributed by atoms with Crippen molar-refractivity contribution < 1.29 is 19.4 Å². The van der Waals surface area contributed by atoms with Gasteiger partial charge in [0, 0.05) is 20.1 Å². The number of carbonyl (C=O) groups is 2. The van der Waals surface area contributed by atoms with Gasteiger partial charge in [-0.15, -0.1) is 0 Å². The standard InChI is InChI=1S/C13H16Cl2N2O4/c1-16-10(6-9(14)12(16)15)13(20)17-4-2-8(3-5-17)21-7-11(18)19/h6,8H,2-5,7H2,1H3,(H,18,19). The minimum atomic E-state index is -0.985. The molecule has 8 heteroatoms. The van der Waals surface area contributed by atoms with Crippen LogP contribution >= 0.6 is 23.2 Å². The molecule has 0 radical (unpaired) electrons. The molecule has 0 unspecified atom stereocenters. The van der Waals surface area contributed by atoms with Crippen LogP contribution in [-0.4, -0.2) is 52.3 Å². The van der Waals surface area contributed by atoms with Gasteiger partial charge in [-0.3, -0.25) is 4.79 Å². The van der Waals surface area contributed by atoms with E-state index in [1.807, 2.05) is 0 Å². The first-order valence-corrected chi connectivity index (χ1v) is 7.29. The topological polar surface area (TPSA) is 71.8 Å². The van der Waals surface area contributed by atoms with Crippen LogP contribution in [0.2, 0.25) is 10.2 Å². The molecule has 0 spiro atoms. The van der Waals surface area contributed by atoms with E-state index in [0.717, 1.165) is 0 Å². The summed E-state index contributed by atoms with van der Waals surface area (Å²) in [5.41, 5.74) is 0.440. The summed E-state index contributed by atoms with van der Waals surface area (Å²) in [6.07, 6.45) is 1.11. The summed E-state index contributed by atoms with van der Waals surface area (Å²) in [6, 6.07) is 1.55. The summed E-state index contributed by atoms with van der Waals surface area (Å²) in [5.74, 6) is -1.12. The monoisotopic (exact) mass is 334 g/mol. The highest BCUT2D eigenvalue weighted by molar-refractivity contribution is 6.41. The second kappa shape index (κ2) is 6.68. The Bertz CT molecular complexity index is 551. The molecule has 1 aromatic heterocycles. The van der Waals surface area contributed by atoms with Gasteiger partial charge in [0.25, 0.3) is 5.91 Å². The number of ether oxygens (including phenoxy) is 1. The number of likely N-dealkylation sites (tertiary alicyclic amines) is 1. The van der Waals surface area contributed by atoms with Crippen molar-refractivity contribution >= 4 is 35.1 Å². The van der Waals surface area contributed by atoms with E-state index in [4.69, 9.17) is 33.0 Å². The molecule has 0 saturated carbocycles. The molecule has 0 aromatic carbocycles. The van der Waals surface area contributed by atoms with Crippen molar-refractivity contribution in [3.63, 3.8) is 0 Å². The number of rotatable bonds is 4. The molecule has 6 nitrogen and oxygen atoms in total. The SMILES string of the molecule is Cn1c(C(=O)N2CCC(OCC(=O)O)CC2)cc(Cl)c1Cl. The maximum Gasteiger partial charge on any atom is 0.329 e. The number of aromatic nitrogens is 1. The van der Waals surface area contributed by atoms with Crippen LogP contribution in [0.3, 0.4) is 0 Å². The first kappa shape index (κ1) is 16.1. The molecule has 2 rings (SSSR count). The maximum atomic E-state index is 12.4. The summed E-state index contributed by atoms with van der Waals surface area (Å²) < 4.78 is 6.79. The van der Waals surface area contributed by atoms with Gasteiger partial charge in [0.2, 0.25) is 0 Å². The summed E-state index contributed by atoms with van der Waals surface area (Å²) in [5, 5.41) is 9.26. The predicted molar refractivity (Wildman–Crippen MR) is 77.9 cm³/mol. The number of hydrogen-bond acceptors (Lipinski definition) is 3. The second-order valence-corrected chi connectivity index (χ2v) is 5.69. The average Bonchev–Trinajstić information content (AvgIpc) is 2.72. The minimum Gasteiger partial charge on any atom is -0.480 e. The quantitative estimate of drug-likeness (QED) is 0.914. The lowest BCUT2D eigenvalue weighted by atomic mass is 10.1. The number of carboxylic acids is 1. The van der Waals surface area contributed by atoms with Crippen molar-refractivity contribution in [2.45, 2.75) is 18.9 Å². The fourth-order valence-electron chi connectivity index (χ4n) is 2.32. The molecule has 1 aromatic rings. The fourth-order valence-corrected chi connectivity index (χ4v) is 2.70. The molecule has 1 aliphatic heterocycles. The van der Waals surface area contributed by atoms with Crippen molar-refractivity contribution in [2.24, 2.45) is 7.05 Å². The first-order valence-electron chi connectivity index (χ1n) is 6.53. The molecule has 21 heavy (non-hydrogen) atoms. The van der Waals surface area contributed by atoms with Gasteiger partial charge >= 0.3 is 5.97 Å². The molecular formula is C13H16Cl2N2O4. The van der Waals surface area contributed by atoms with Crippen LogP contribution in [0, 0.1) is 0 Å². The van der Waals surface area contributed by atoms with E-state index in [1.54, 1.807) is 22.6 Å². The van der Waals surface area contributed by atoms with Crippen molar-refractivity contribution in [3.05, 3.63) is 21.9 Å². The van der Waals surface area contributed by atoms with Crippen LogP contribution in [0.15, 0.2) is 6.07 Å². The third-order valence-corrected chi connectivity index (χ3v) is 4.35. The number of piperidine rings is 1. The van der Waals surface area contributed by atoms with Crippen LogP contribution in [0.25, 0.3) is 0 Å². The van der Waals surface area contributed by atoms with E-state index in [9.17, 15) is 9.59 Å². The van der Waals surface area contributed by atoms with Gasteiger partial charge in [-0.2, -0.15) is 0 Å². The predicted octanol–water partition coefficient (Wildman–Crippen LogP) is 2.04. The molecule has 1 saturated heterocycles. The van der Waals surface area contributed by atoms with Crippen LogP contribution in [0.1, 0.15) is 23.3 Å². The van der Waals surface area contributed by atoms with E-state index >= 15 is 0 Å². The van der Waals surface area contributed by atoms with Gasteiger partial charge in [-0.25, -0.2) is 4.79 Å². The Morgan fingerprint density at radius 3 is 2.48 bits per heavy atom. The van der Waals surface area contributed by atoms with E-state index in [0.29, 0.717) is 41.8 Å². The Labute approximate surface area is 132 Å². The van der Waals surface area contributed by atoms with Crippen molar-refractivity contribution in [1.29, 1.82) is 0 Å². The van der Waals surface area contributed by atoms with Gasteiger partial charge in [-0.1, -0.05) is 23.2 Å². The summed E-state index contributed by atoms with van der Waals surface area (Å²) in [4.78, 5) is 24.6. The largest absolute Gasteiger partial charge is 0.480 e. The van der Waals surface area contributed by atoms with E-state index in [1.165, 1.54) is 0 Å². The van der Waals surface area contributed by atoms with Gasteiger partial charge < -0.3 is 19.3 Å². The molecule has 0 atom stereocenters.